The number of rotatable bonds is 4. The van der Waals surface area contributed by atoms with Crippen molar-refractivity contribution in [3.8, 4) is 44.5 Å². The lowest BCUT2D eigenvalue weighted by Gasteiger charge is -2.18. The zero-order valence-electron chi connectivity index (χ0n) is 30.3. The van der Waals surface area contributed by atoms with E-state index < -0.39 is 0 Å². The molecule has 2 nitrogen and oxygen atoms in total. The van der Waals surface area contributed by atoms with E-state index in [1.807, 2.05) is 12.1 Å². The van der Waals surface area contributed by atoms with Gasteiger partial charge >= 0.3 is 0 Å². The summed E-state index contributed by atoms with van der Waals surface area (Å²) < 4.78 is 13.2. The standard InChI is InChI=1S/C54H32O2/c1-2-15-37-33(13-1)31-32-45-44-23-11-24-47(54(44)56-53(37)45)51-42-19-7-5-17-40(42)50(41-18-6-8-20-43(41)51)35-29-27-34(28-30-35)36-14-3-4-16-38(36)39-22-12-26-49-52(39)46-21-9-10-25-48(46)55-49/h1-32H. The largest absolute Gasteiger partial charge is 0.456 e. The molecule has 0 atom stereocenters. The van der Waals surface area contributed by atoms with Gasteiger partial charge in [0, 0.05) is 38.1 Å². The number of para-hydroxylation sites is 2. The highest BCUT2D eigenvalue weighted by Crippen LogP contribution is 2.48. The van der Waals surface area contributed by atoms with E-state index in [1.165, 1.54) is 65.9 Å². The molecule has 10 aromatic carbocycles. The lowest BCUT2D eigenvalue weighted by atomic mass is 9.85. The number of fused-ring (bicyclic) bond motifs is 10. The summed E-state index contributed by atoms with van der Waals surface area (Å²) in [6.45, 7) is 0. The minimum absolute atomic E-state index is 0.904. The highest BCUT2D eigenvalue weighted by atomic mass is 16.3. The molecule has 2 heteroatoms. The topological polar surface area (TPSA) is 26.3 Å². The summed E-state index contributed by atoms with van der Waals surface area (Å²) in [6, 6.07) is 69.7. The zero-order valence-corrected chi connectivity index (χ0v) is 30.3. The van der Waals surface area contributed by atoms with Crippen molar-refractivity contribution >= 4 is 76.2 Å². The van der Waals surface area contributed by atoms with Gasteiger partial charge < -0.3 is 8.83 Å². The van der Waals surface area contributed by atoms with Crippen LogP contribution in [0, 0.1) is 0 Å². The number of hydrogen-bond donors (Lipinski definition) is 0. The van der Waals surface area contributed by atoms with Crippen LogP contribution in [0.15, 0.2) is 203 Å². The molecule has 0 fully saturated rings. The monoisotopic (exact) mass is 712 g/mol. The van der Waals surface area contributed by atoms with Gasteiger partial charge in [0.15, 0.2) is 0 Å². The third-order valence-electron chi connectivity index (χ3n) is 11.7. The Balaban J connectivity index is 1.04. The van der Waals surface area contributed by atoms with Crippen LogP contribution in [0.25, 0.3) is 121 Å². The highest BCUT2D eigenvalue weighted by molar-refractivity contribution is 6.25. The molecule has 0 spiro atoms. The van der Waals surface area contributed by atoms with Crippen LogP contribution in [0.1, 0.15) is 0 Å². The van der Waals surface area contributed by atoms with Crippen LogP contribution in [-0.4, -0.2) is 0 Å². The highest BCUT2D eigenvalue weighted by Gasteiger charge is 2.21. The van der Waals surface area contributed by atoms with Crippen molar-refractivity contribution < 1.29 is 8.83 Å². The third-order valence-corrected chi connectivity index (χ3v) is 11.7. The molecule has 0 unspecified atom stereocenters. The van der Waals surface area contributed by atoms with Gasteiger partial charge in [-0.25, -0.2) is 0 Å². The molecule has 56 heavy (non-hydrogen) atoms. The second kappa shape index (κ2) is 12.0. The summed E-state index contributed by atoms with van der Waals surface area (Å²) in [5, 5.41) is 11.7. The van der Waals surface area contributed by atoms with Crippen LogP contribution in [0.3, 0.4) is 0 Å². The van der Waals surface area contributed by atoms with Gasteiger partial charge in [-0.1, -0.05) is 176 Å². The Bertz CT molecular complexity index is 3470. The summed E-state index contributed by atoms with van der Waals surface area (Å²) in [5.41, 5.74) is 13.1. The molecule has 2 aromatic heterocycles. The molecule has 12 aromatic rings. The maximum Gasteiger partial charge on any atom is 0.143 e. The fourth-order valence-electron chi connectivity index (χ4n) is 9.24. The second-order valence-electron chi connectivity index (χ2n) is 14.7. The number of benzene rings is 10. The Kier molecular flexibility index (Phi) is 6.66. The van der Waals surface area contributed by atoms with Crippen molar-refractivity contribution in [2.75, 3.05) is 0 Å². The van der Waals surface area contributed by atoms with Gasteiger partial charge in [0.25, 0.3) is 0 Å². The van der Waals surface area contributed by atoms with E-state index in [0.29, 0.717) is 0 Å². The van der Waals surface area contributed by atoms with Gasteiger partial charge in [-0.05, 0) is 78.5 Å². The first-order valence-electron chi connectivity index (χ1n) is 19.2. The van der Waals surface area contributed by atoms with Crippen LogP contribution in [-0.2, 0) is 0 Å². The van der Waals surface area contributed by atoms with Crippen LogP contribution >= 0.6 is 0 Å². The summed E-state index contributed by atoms with van der Waals surface area (Å²) in [6.07, 6.45) is 0. The average Bonchev–Trinajstić information content (AvgIpc) is 3.85. The zero-order chi connectivity index (χ0) is 36.7. The Morgan fingerprint density at radius 2 is 0.768 bits per heavy atom. The maximum atomic E-state index is 6.90. The lowest BCUT2D eigenvalue weighted by molar-refractivity contribution is 0.669. The van der Waals surface area contributed by atoms with Gasteiger partial charge in [-0.15, -0.1) is 0 Å². The van der Waals surface area contributed by atoms with Crippen molar-refractivity contribution in [1.29, 1.82) is 0 Å². The molecule has 0 radical (unpaired) electrons. The predicted octanol–water partition coefficient (Wildman–Crippen LogP) is 15.6. The van der Waals surface area contributed by atoms with Crippen molar-refractivity contribution in [2.45, 2.75) is 0 Å². The van der Waals surface area contributed by atoms with Crippen molar-refractivity contribution in [3.05, 3.63) is 194 Å². The molecule has 2 heterocycles. The summed E-state index contributed by atoms with van der Waals surface area (Å²) in [5.74, 6) is 0. The molecular formula is C54H32O2. The minimum atomic E-state index is 0.904. The van der Waals surface area contributed by atoms with E-state index in [0.717, 1.165) is 54.8 Å². The smallest absolute Gasteiger partial charge is 0.143 e. The minimum Gasteiger partial charge on any atom is -0.456 e. The van der Waals surface area contributed by atoms with E-state index >= 15 is 0 Å². The first-order valence-corrected chi connectivity index (χ1v) is 19.2. The van der Waals surface area contributed by atoms with Gasteiger partial charge in [0.2, 0.25) is 0 Å². The van der Waals surface area contributed by atoms with Crippen LogP contribution in [0.5, 0.6) is 0 Å². The first kappa shape index (κ1) is 31.0. The average molecular weight is 713 g/mol. The second-order valence-corrected chi connectivity index (χ2v) is 14.7. The molecule has 0 saturated heterocycles. The normalized spacial score (nSPS) is 11.9. The fourth-order valence-corrected chi connectivity index (χ4v) is 9.24. The quantitative estimate of drug-likeness (QED) is 0.170. The first-order chi connectivity index (χ1) is 27.8. The Morgan fingerprint density at radius 3 is 1.54 bits per heavy atom. The molecular weight excluding hydrogens is 681 g/mol. The molecule has 0 aliphatic rings. The SMILES string of the molecule is c1ccc(-c2cccc3oc4ccccc4c23)c(-c2ccc(-c3c4ccccc4c(-c4cccc5c4oc4c6ccccc6ccc54)c4ccccc34)cc2)c1. The molecule has 0 N–H and O–H groups in total. The van der Waals surface area contributed by atoms with Crippen LogP contribution < -0.4 is 0 Å². The molecule has 0 bridgehead atoms. The molecule has 0 amide bonds. The van der Waals surface area contributed by atoms with Crippen molar-refractivity contribution in [2.24, 2.45) is 0 Å². The van der Waals surface area contributed by atoms with Crippen LogP contribution in [0.4, 0.5) is 0 Å². The Hall–Kier alpha value is -7.42. The third kappa shape index (κ3) is 4.50. The lowest BCUT2D eigenvalue weighted by Crippen LogP contribution is -1.91. The van der Waals surface area contributed by atoms with Crippen LogP contribution in [0.2, 0.25) is 0 Å². The van der Waals surface area contributed by atoms with Gasteiger partial charge in [-0.2, -0.15) is 0 Å². The molecule has 0 saturated carbocycles. The van der Waals surface area contributed by atoms with Crippen molar-refractivity contribution in [1.82, 2.24) is 0 Å². The number of hydrogen-bond acceptors (Lipinski definition) is 2. The predicted molar refractivity (Wildman–Crippen MR) is 235 cm³/mol. The molecule has 0 aliphatic heterocycles. The number of furan rings is 2. The maximum absolute atomic E-state index is 6.90. The fraction of sp³-hybridized carbons (Fsp3) is 0. The molecule has 12 rings (SSSR count). The van der Waals surface area contributed by atoms with Crippen molar-refractivity contribution in [3.63, 3.8) is 0 Å². The molecule has 260 valence electrons. The van der Waals surface area contributed by atoms with E-state index in [1.54, 1.807) is 0 Å². The Labute approximate surface area is 322 Å². The van der Waals surface area contributed by atoms with Gasteiger partial charge in [0.05, 0.1) is 0 Å². The van der Waals surface area contributed by atoms with E-state index in [9.17, 15) is 0 Å². The van der Waals surface area contributed by atoms with E-state index in [-0.39, 0.29) is 0 Å². The summed E-state index contributed by atoms with van der Waals surface area (Å²) in [7, 11) is 0. The van der Waals surface area contributed by atoms with Gasteiger partial charge in [0.1, 0.15) is 22.3 Å². The van der Waals surface area contributed by atoms with E-state index in [4.69, 9.17) is 8.83 Å². The molecule has 0 aliphatic carbocycles. The van der Waals surface area contributed by atoms with E-state index in [2.05, 4.69) is 182 Å². The Morgan fingerprint density at radius 1 is 0.250 bits per heavy atom. The van der Waals surface area contributed by atoms with Gasteiger partial charge in [-0.3, -0.25) is 0 Å². The summed E-state index contributed by atoms with van der Waals surface area (Å²) >= 11 is 0. The summed E-state index contributed by atoms with van der Waals surface area (Å²) in [4.78, 5) is 0.